The van der Waals surface area contributed by atoms with Crippen LogP contribution < -0.4 is 10.5 Å². The molecule has 0 saturated carbocycles. The van der Waals surface area contributed by atoms with Crippen LogP contribution >= 0.6 is 0 Å². The third-order valence-corrected chi connectivity index (χ3v) is 3.63. The quantitative estimate of drug-likeness (QED) is 0.877. The van der Waals surface area contributed by atoms with Gasteiger partial charge in [0.05, 0.1) is 0 Å². The molecule has 0 aromatic heterocycles. The molecule has 0 spiro atoms. The summed E-state index contributed by atoms with van der Waals surface area (Å²) in [5.41, 5.74) is 8.81. The zero-order valence-corrected chi connectivity index (χ0v) is 12.8. The van der Waals surface area contributed by atoms with E-state index in [4.69, 9.17) is 10.5 Å². The van der Waals surface area contributed by atoms with Gasteiger partial charge in [-0.1, -0.05) is 25.1 Å². The zero-order valence-electron chi connectivity index (χ0n) is 12.8. The predicted octanol–water partition coefficient (Wildman–Crippen LogP) is 4.51. The highest BCUT2D eigenvalue weighted by molar-refractivity contribution is 5.40. The van der Waals surface area contributed by atoms with Gasteiger partial charge in [0.25, 0.3) is 0 Å². The van der Waals surface area contributed by atoms with Gasteiger partial charge in [0.2, 0.25) is 0 Å². The minimum absolute atomic E-state index is 0.183. The number of aryl methyl sites for hydroxylation is 2. The fraction of sp³-hybridized carbons (Fsp3) is 0.333. The molecule has 1 atom stereocenters. The van der Waals surface area contributed by atoms with Crippen molar-refractivity contribution in [3.8, 4) is 11.5 Å². The van der Waals surface area contributed by atoms with Crippen molar-refractivity contribution in [3.05, 3.63) is 58.9 Å². The Hall–Kier alpha value is -1.87. The highest BCUT2D eigenvalue weighted by Gasteiger charge is 2.07. The van der Waals surface area contributed by atoms with Crippen LogP contribution in [0.25, 0.3) is 0 Å². The van der Waals surface area contributed by atoms with Crippen molar-refractivity contribution in [1.29, 1.82) is 0 Å². The molecule has 0 saturated heterocycles. The third kappa shape index (κ3) is 4.05. The van der Waals surface area contributed by atoms with Gasteiger partial charge in [-0.15, -0.1) is 0 Å². The topological polar surface area (TPSA) is 35.2 Å². The summed E-state index contributed by atoms with van der Waals surface area (Å²) in [6, 6.07) is 11.1. The molecule has 0 amide bonds. The molecule has 0 bridgehead atoms. The molecule has 2 N–H and O–H groups in total. The van der Waals surface area contributed by atoms with Crippen LogP contribution in [0.3, 0.4) is 0 Å². The third-order valence-electron chi connectivity index (χ3n) is 3.63. The second-order valence-corrected chi connectivity index (χ2v) is 5.49. The van der Waals surface area contributed by atoms with Gasteiger partial charge in [0.15, 0.2) is 0 Å². The van der Waals surface area contributed by atoms with Gasteiger partial charge in [-0.25, -0.2) is 4.39 Å². The molecule has 0 aliphatic heterocycles. The summed E-state index contributed by atoms with van der Waals surface area (Å²) in [5.74, 6) is 1.00. The van der Waals surface area contributed by atoms with Crippen LogP contribution in [0, 0.1) is 19.7 Å². The van der Waals surface area contributed by atoms with E-state index in [1.807, 2.05) is 19.1 Å². The zero-order chi connectivity index (χ0) is 15.4. The Labute approximate surface area is 125 Å². The molecule has 3 heteroatoms. The van der Waals surface area contributed by atoms with E-state index in [0.717, 1.165) is 24.2 Å². The van der Waals surface area contributed by atoms with Gasteiger partial charge >= 0.3 is 0 Å². The SMILES string of the molecule is CCC(N)Cc1ccc(Oc2ccc(C)c(F)c2)c(C)c1. The smallest absolute Gasteiger partial charge is 0.130 e. The number of hydrogen-bond acceptors (Lipinski definition) is 2. The lowest BCUT2D eigenvalue weighted by Crippen LogP contribution is -2.21. The minimum Gasteiger partial charge on any atom is -0.457 e. The number of rotatable bonds is 5. The Kier molecular flexibility index (Phi) is 4.97. The normalized spacial score (nSPS) is 12.2. The molecule has 0 heterocycles. The maximum atomic E-state index is 13.5. The number of hydrogen-bond donors (Lipinski definition) is 1. The van der Waals surface area contributed by atoms with E-state index < -0.39 is 0 Å². The lowest BCUT2D eigenvalue weighted by atomic mass is 10.0. The Balaban J connectivity index is 2.15. The van der Waals surface area contributed by atoms with E-state index in [-0.39, 0.29) is 11.9 Å². The van der Waals surface area contributed by atoms with Crippen LogP contribution in [0.5, 0.6) is 11.5 Å². The van der Waals surface area contributed by atoms with Crippen molar-refractivity contribution in [2.24, 2.45) is 5.73 Å². The second kappa shape index (κ2) is 6.72. The summed E-state index contributed by atoms with van der Waals surface area (Å²) in [7, 11) is 0. The van der Waals surface area contributed by atoms with Crippen molar-refractivity contribution in [1.82, 2.24) is 0 Å². The molecular formula is C18H22FNO. The average Bonchev–Trinajstić information content (AvgIpc) is 2.45. The summed E-state index contributed by atoms with van der Waals surface area (Å²) in [5, 5.41) is 0. The van der Waals surface area contributed by atoms with Crippen molar-refractivity contribution in [3.63, 3.8) is 0 Å². The maximum absolute atomic E-state index is 13.5. The predicted molar refractivity (Wildman–Crippen MR) is 84.4 cm³/mol. The Bertz CT molecular complexity index is 625. The molecule has 0 aliphatic carbocycles. The summed E-state index contributed by atoms with van der Waals surface area (Å²) < 4.78 is 19.3. The Morgan fingerprint density at radius 1 is 1.10 bits per heavy atom. The molecule has 2 aromatic carbocycles. The highest BCUT2D eigenvalue weighted by Crippen LogP contribution is 2.27. The number of halogens is 1. The van der Waals surface area contributed by atoms with Gasteiger partial charge in [0.1, 0.15) is 17.3 Å². The largest absolute Gasteiger partial charge is 0.457 e. The van der Waals surface area contributed by atoms with Gasteiger partial charge in [-0.2, -0.15) is 0 Å². The minimum atomic E-state index is -0.254. The van der Waals surface area contributed by atoms with E-state index in [1.54, 1.807) is 19.1 Å². The number of ether oxygens (including phenoxy) is 1. The maximum Gasteiger partial charge on any atom is 0.130 e. The summed E-state index contributed by atoms with van der Waals surface area (Å²) in [6.45, 7) is 5.80. The van der Waals surface area contributed by atoms with Crippen molar-refractivity contribution in [2.45, 2.75) is 39.7 Å². The fourth-order valence-electron chi connectivity index (χ4n) is 2.16. The number of benzene rings is 2. The van der Waals surface area contributed by atoms with Gasteiger partial charge in [-0.3, -0.25) is 0 Å². The van der Waals surface area contributed by atoms with Gasteiger partial charge in [-0.05, 0) is 55.5 Å². The lowest BCUT2D eigenvalue weighted by molar-refractivity contribution is 0.472. The first-order valence-corrected chi connectivity index (χ1v) is 7.28. The van der Waals surface area contributed by atoms with E-state index in [0.29, 0.717) is 11.3 Å². The van der Waals surface area contributed by atoms with Crippen LogP contribution in [-0.2, 0) is 6.42 Å². The van der Waals surface area contributed by atoms with Crippen molar-refractivity contribution >= 4 is 0 Å². The van der Waals surface area contributed by atoms with Crippen LogP contribution in [0.2, 0.25) is 0 Å². The molecule has 0 aliphatic rings. The first-order chi connectivity index (χ1) is 9.99. The highest BCUT2D eigenvalue weighted by atomic mass is 19.1. The van der Waals surface area contributed by atoms with Gasteiger partial charge < -0.3 is 10.5 Å². The molecule has 2 aromatic rings. The van der Waals surface area contributed by atoms with E-state index >= 15 is 0 Å². The molecule has 21 heavy (non-hydrogen) atoms. The molecular weight excluding hydrogens is 265 g/mol. The molecule has 0 fully saturated rings. The molecule has 2 nitrogen and oxygen atoms in total. The molecule has 112 valence electrons. The summed E-state index contributed by atoms with van der Waals surface area (Å²) in [4.78, 5) is 0. The standard InChI is InChI=1S/C18H22FNO/c1-4-15(20)10-14-6-8-18(13(3)9-14)21-16-7-5-12(2)17(19)11-16/h5-9,11,15H,4,10,20H2,1-3H3. The Morgan fingerprint density at radius 2 is 1.86 bits per heavy atom. The van der Waals surface area contributed by atoms with Crippen LogP contribution in [0.4, 0.5) is 4.39 Å². The molecule has 0 radical (unpaired) electrons. The van der Waals surface area contributed by atoms with E-state index in [1.165, 1.54) is 11.6 Å². The first kappa shape index (κ1) is 15.5. The molecule has 2 rings (SSSR count). The monoisotopic (exact) mass is 287 g/mol. The van der Waals surface area contributed by atoms with Gasteiger partial charge in [0, 0.05) is 12.1 Å². The van der Waals surface area contributed by atoms with Crippen LogP contribution in [0.1, 0.15) is 30.0 Å². The summed E-state index contributed by atoms with van der Waals surface area (Å²) in [6.07, 6.45) is 1.82. The number of nitrogens with two attached hydrogens (primary N) is 1. The fourth-order valence-corrected chi connectivity index (χ4v) is 2.16. The second-order valence-electron chi connectivity index (χ2n) is 5.49. The van der Waals surface area contributed by atoms with E-state index in [2.05, 4.69) is 13.0 Å². The Morgan fingerprint density at radius 3 is 2.48 bits per heavy atom. The lowest BCUT2D eigenvalue weighted by Gasteiger charge is -2.13. The summed E-state index contributed by atoms with van der Waals surface area (Å²) >= 11 is 0. The van der Waals surface area contributed by atoms with Crippen LogP contribution in [-0.4, -0.2) is 6.04 Å². The van der Waals surface area contributed by atoms with Crippen LogP contribution in [0.15, 0.2) is 36.4 Å². The molecule has 1 unspecified atom stereocenters. The van der Waals surface area contributed by atoms with E-state index in [9.17, 15) is 4.39 Å². The average molecular weight is 287 g/mol. The first-order valence-electron chi connectivity index (χ1n) is 7.28. The van der Waals surface area contributed by atoms with Crippen molar-refractivity contribution < 1.29 is 9.13 Å². The van der Waals surface area contributed by atoms with Crippen molar-refractivity contribution in [2.75, 3.05) is 0 Å².